The standard InChI is InChI=1S/C14H10ClN3/c1-9-3-2-4-11-12(9)13(17-18-14(11)15)10-5-7-16-8-6-10/h2-8H,1H3. The van der Waals surface area contributed by atoms with Gasteiger partial charge in [0.1, 0.15) is 5.69 Å². The molecule has 0 N–H and O–H groups in total. The van der Waals surface area contributed by atoms with E-state index in [1.807, 2.05) is 37.3 Å². The van der Waals surface area contributed by atoms with Crippen molar-refractivity contribution in [3.63, 3.8) is 0 Å². The first-order valence-corrected chi connectivity index (χ1v) is 5.97. The Balaban J connectivity index is 2.41. The van der Waals surface area contributed by atoms with Crippen LogP contribution >= 0.6 is 11.6 Å². The molecule has 0 aliphatic heterocycles. The molecule has 0 aliphatic carbocycles. The Hall–Kier alpha value is -2.00. The van der Waals surface area contributed by atoms with Gasteiger partial charge in [-0.25, -0.2) is 0 Å². The van der Waals surface area contributed by atoms with E-state index in [2.05, 4.69) is 15.2 Å². The first-order valence-electron chi connectivity index (χ1n) is 5.59. The van der Waals surface area contributed by atoms with Crippen LogP contribution in [0.15, 0.2) is 42.7 Å². The number of halogens is 1. The number of hydrogen-bond donors (Lipinski definition) is 0. The summed E-state index contributed by atoms with van der Waals surface area (Å²) < 4.78 is 0. The van der Waals surface area contributed by atoms with E-state index in [9.17, 15) is 0 Å². The molecule has 4 heteroatoms. The topological polar surface area (TPSA) is 38.7 Å². The van der Waals surface area contributed by atoms with Gasteiger partial charge in [0, 0.05) is 28.7 Å². The second kappa shape index (κ2) is 4.35. The van der Waals surface area contributed by atoms with E-state index in [1.165, 1.54) is 0 Å². The van der Waals surface area contributed by atoms with Crippen molar-refractivity contribution >= 4 is 22.4 Å². The monoisotopic (exact) mass is 255 g/mol. The number of benzene rings is 1. The third-order valence-corrected chi connectivity index (χ3v) is 3.20. The SMILES string of the molecule is Cc1cccc2c(Cl)nnc(-c3ccncc3)c12. The molecule has 3 nitrogen and oxygen atoms in total. The molecule has 3 aromatic rings. The van der Waals surface area contributed by atoms with Crippen molar-refractivity contribution in [2.24, 2.45) is 0 Å². The first-order chi connectivity index (χ1) is 8.77. The maximum Gasteiger partial charge on any atom is 0.159 e. The summed E-state index contributed by atoms with van der Waals surface area (Å²) in [5, 5.41) is 10.7. The van der Waals surface area contributed by atoms with E-state index in [1.54, 1.807) is 12.4 Å². The Bertz CT molecular complexity index is 711. The maximum absolute atomic E-state index is 6.10. The molecule has 0 radical (unpaired) electrons. The lowest BCUT2D eigenvalue weighted by molar-refractivity contribution is 1.05. The van der Waals surface area contributed by atoms with Gasteiger partial charge in [-0.2, -0.15) is 0 Å². The van der Waals surface area contributed by atoms with Crippen molar-refractivity contribution in [2.45, 2.75) is 6.92 Å². The molecular weight excluding hydrogens is 246 g/mol. The Morgan fingerprint density at radius 3 is 2.56 bits per heavy atom. The van der Waals surface area contributed by atoms with Crippen molar-refractivity contribution in [1.82, 2.24) is 15.2 Å². The van der Waals surface area contributed by atoms with Crippen LogP contribution in [0, 0.1) is 6.92 Å². The summed E-state index contributed by atoms with van der Waals surface area (Å²) in [5.41, 5.74) is 2.97. The van der Waals surface area contributed by atoms with E-state index < -0.39 is 0 Å². The van der Waals surface area contributed by atoms with Gasteiger partial charge in [0.2, 0.25) is 0 Å². The zero-order valence-electron chi connectivity index (χ0n) is 9.76. The van der Waals surface area contributed by atoms with Crippen LogP contribution in [0.25, 0.3) is 22.0 Å². The molecule has 0 amide bonds. The lowest BCUT2D eigenvalue weighted by Crippen LogP contribution is -1.93. The quantitative estimate of drug-likeness (QED) is 0.666. The summed E-state index contributed by atoms with van der Waals surface area (Å²) >= 11 is 6.10. The number of nitrogens with zero attached hydrogens (tertiary/aromatic N) is 3. The molecule has 1 aromatic carbocycles. The third kappa shape index (κ3) is 1.73. The normalized spacial score (nSPS) is 10.8. The molecule has 3 rings (SSSR count). The van der Waals surface area contributed by atoms with Crippen molar-refractivity contribution in [2.75, 3.05) is 0 Å². The molecule has 0 aliphatic rings. The van der Waals surface area contributed by atoms with Gasteiger partial charge in [-0.05, 0) is 24.6 Å². The van der Waals surface area contributed by atoms with E-state index >= 15 is 0 Å². The zero-order chi connectivity index (χ0) is 12.5. The smallest absolute Gasteiger partial charge is 0.159 e. The van der Waals surface area contributed by atoms with Gasteiger partial charge in [-0.15, -0.1) is 10.2 Å². The number of aryl methyl sites for hydroxylation is 1. The van der Waals surface area contributed by atoms with Crippen molar-refractivity contribution < 1.29 is 0 Å². The molecule has 0 spiro atoms. The molecule has 2 heterocycles. The minimum atomic E-state index is 0.437. The molecule has 2 aromatic heterocycles. The van der Waals surface area contributed by atoms with Crippen molar-refractivity contribution in [3.05, 3.63) is 53.4 Å². The van der Waals surface area contributed by atoms with Crippen molar-refractivity contribution in [1.29, 1.82) is 0 Å². The van der Waals surface area contributed by atoms with Gasteiger partial charge < -0.3 is 0 Å². The van der Waals surface area contributed by atoms with Crippen LogP contribution in [0.3, 0.4) is 0 Å². The third-order valence-electron chi connectivity index (χ3n) is 2.92. The van der Waals surface area contributed by atoms with E-state index in [-0.39, 0.29) is 0 Å². The average molecular weight is 256 g/mol. The number of hydrogen-bond acceptors (Lipinski definition) is 3. The highest BCUT2D eigenvalue weighted by molar-refractivity contribution is 6.34. The van der Waals surface area contributed by atoms with Crippen LogP contribution in [0.1, 0.15) is 5.56 Å². The maximum atomic E-state index is 6.10. The van der Waals surface area contributed by atoms with Crippen LogP contribution < -0.4 is 0 Å². The van der Waals surface area contributed by atoms with E-state index in [4.69, 9.17) is 11.6 Å². The second-order valence-electron chi connectivity index (χ2n) is 4.07. The van der Waals surface area contributed by atoms with Crippen LogP contribution in [0.4, 0.5) is 0 Å². The van der Waals surface area contributed by atoms with Gasteiger partial charge in [0.05, 0.1) is 0 Å². The molecule has 0 unspecified atom stereocenters. The largest absolute Gasteiger partial charge is 0.265 e. The first kappa shape index (κ1) is 11.1. The average Bonchev–Trinajstić information content (AvgIpc) is 2.41. The summed E-state index contributed by atoms with van der Waals surface area (Å²) in [5.74, 6) is 0. The number of pyridine rings is 1. The minimum absolute atomic E-state index is 0.437. The highest BCUT2D eigenvalue weighted by Gasteiger charge is 2.11. The number of rotatable bonds is 1. The Morgan fingerprint density at radius 1 is 1.00 bits per heavy atom. The predicted octanol–water partition coefficient (Wildman–Crippen LogP) is 3.65. The van der Waals surface area contributed by atoms with Gasteiger partial charge in [0.15, 0.2) is 5.15 Å². The lowest BCUT2D eigenvalue weighted by Gasteiger charge is -2.08. The fourth-order valence-corrected chi connectivity index (χ4v) is 2.26. The van der Waals surface area contributed by atoms with Gasteiger partial charge in [-0.1, -0.05) is 29.8 Å². The predicted molar refractivity (Wildman–Crippen MR) is 72.5 cm³/mol. The van der Waals surface area contributed by atoms with Gasteiger partial charge in [-0.3, -0.25) is 4.98 Å². The molecule has 0 saturated heterocycles. The van der Waals surface area contributed by atoms with E-state index in [0.29, 0.717) is 5.15 Å². The minimum Gasteiger partial charge on any atom is -0.265 e. The lowest BCUT2D eigenvalue weighted by atomic mass is 10.0. The number of fused-ring (bicyclic) bond motifs is 1. The fourth-order valence-electron chi connectivity index (χ4n) is 2.06. The summed E-state index contributed by atoms with van der Waals surface area (Å²) in [6.45, 7) is 2.05. The Labute approximate surface area is 109 Å². The Kier molecular flexibility index (Phi) is 2.68. The molecular formula is C14H10ClN3. The molecule has 88 valence electrons. The Morgan fingerprint density at radius 2 is 1.78 bits per heavy atom. The summed E-state index contributed by atoms with van der Waals surface area (Å²) in [6.07, 6.45) is 3.49. The molecule has 0 atom stereocenters. The van der Waals surface area contributed by atoms with Crippen LogP contribution in [0.5, 0.6) is 0 Å². The highest BCUT2D eigenvalue weighted by Crippen LogP contribution is 2.31. The molecule has 0 fully saturated rings. The van der Waals surface area contributed by atoms with Crippen molar-refractivity contribution in [3.8, 4) is 11.3 Å². The number of aromatic nitrogens is 3. The molecule has 18 heavy (non-hydrogen) atoms. The second-order valence-corrected chi connectivity index (χ2v) is 4.43. The van der Waals surface area contributed by atoms with Gasteiger partial charge >= 0.3 is 0 Å². The summed E-state index contributed by atoms with van der Waals surface area (Å²) in [4.78, 5) is 4.02. The van der Waals surface area contributed by atoms with Crippen LogP contribution in [-0.2, 0) is 0 Å². The zero-order valence-corrected chi connectivity index (χ0v) is 10.5. The summed E-state index contributed by atoms with van der Waals surface area (Å²) in [7, 11) is 0. The summed E-state index contributed by atoms with van der Waals surface area (Å²) in [6, 6.07) is 9.82. The van der Waals surface area contributed by atoms with Gasteiger partial charge in [0.25, 0.3) is 0 Å². The van der Waals surface area contributed by atoms with Crippen LogP contribution in [-0.4, -0.2) is 15.2 Å². The highest BCUT2D eigenvalue weighted by atomic mass is 35.5. The molecule has 0 saturated carbocycles. The fraction of sp³-hybridized carbons (Fsp3) is 0.0714. The van der Waals surface area contributed by atoms with E-state index in [0.717, 1.165) is 27.6 Å². The van der Waals surface area contributed by atoms with Crippen LogP contribution in [0.2, 0.25) is 5.15 Å². The molecule has 0 bridgehead atoms.